The zero-order valence-corrected chi connectivity index (χ0v) is 47.6. The third kappa shape index (κ3) is 14.0. The monoisotopic (exact) mass is 1120 g/mol. The van der Waals surface area contributed by atoms with Gasteiger partial charge in [0.2, 0.25) is 23.6 Å². The highest BCUT2D eigenvalue weighted by Crippen LogP contribution is 2.35. The fourth-order valence-corrected chi connectivity index (χ4v) is 12.8. The average Bonchev–Trinajstić information content (AvgIpc) is 4.26. The standard InChI is InChI=1S/C57H69N9O9S3/c1-33(35-19-21-37(22-20-35)49-34(2)58-32-76-49)59-52(71)43-29-38(67)30-66(43)53(72)50(57(3,4)5)61-46(68)17-10-11-18-47(69)64(6)27-26-39(75-7)23-24-45-48(54(73)74)62-56(78-45)65-28-25-36-13-12-14-40(41(36)31-65)51(70)63-55-60-42-15-8-9-16-44(42)77-55/h8-9,12-16,19-22,32-33,38-39,43,50,67H,10-11,17-18,23-31H2,1-7H3,(H,59,71)(H,61,68)(H,73,74)(H,60,63,70)/t33-,38+,39?,43-,50+/m0/s1. The normalized spacial score (nSPS) is 16.6. The first-order chi connectivity index (χ1) is 37.3. The number of aliphatic hydroxyl groups excluding tert-OH is 1. The van der Waals surface area contributed by atoms with Crippen molar-refractivity contribution in [2.24, 2.45) is 5.41 Å². The van der Waals surface area contributed by atoms with Crippen LogP contribution in [0.2, 0.25) is 0 Å². The molecular formula is C57H69N9O9S3. The molecule has 0 bridgehead atoms. The van der Waals surface area contributed by atoms with E-state index in [0.29, 0.717) is 78.9 Å². The van der Waals surface area contributed by atoms with Gasteiger partial charge < -0.3 is 40.3 Å². The summed E-state index contributed by atoms with van der Waals surface area (Å²) >= 11 is 4.30. The quantitative estimate of drug-likeness (QED) is 0.0402. The number of rotatable bonds is 22. The number of carboxylic acid groups (broad SMARTS) is 1. The number of hydrogen-bond acceptors (Lipinski definition) is 15. The van der Waals surface area contributed by atoms with E-state index in [1.165, 1.54) is 27.6 Å². The lowest BCUT2D eigenvalue weighted by Crippen LogP contribution is -2.57. The number of para-hydroxylation sites is 1. The molecule has 2 aliphatic heterocycles. The molecule has 5 heterocycles. The van der Waals surface area contributed by atoms with Gasteiger partial charge in [0.05, 0.1) is 44.5 Å². The molecule has 3 aromatic heterocycles. The molecule has 0 radical (unpaired) electrons. The highest BCUT2D eigenvalue weighted by Gasteiger charge is 2.45. The van der Waals surface area contributed by atoms with E-state index in [0.717, 1.165) is 43.0 Å². The number of benzene rings is 3. The molecule has 414 valence electrons. The third-order valence-electron chi connectivity index (χ3n) is 14.5. The first-order valence-corrected chi connectivity index (χ1v) is 28.9. The van der Waals surface area contributed by atoms with Gasteiger partial charge in [0, 0.05) is 70.0 Å². The van der Waals surface area contributed by atoms with Gasteiger partial charge in [0.15, 0.2) is 16.0 Å². The predicted molar refractivity (Wildman–Crippen MR) is 304 cm³/mol. The van der Waals surface area contributed by atoms with E-state index in [4.69, 9.17) is 4.74 Å². The van der Waals surface area contributed by atoms with Gasteiger partial charge in [0.25, 0.3) is 5.91 Å². The molecule has 5 N–H and O–H groups in total. The number of carbonyl (C=O) groups is 6. The van der Waals surface area contributed by atoms with Crippen molar-refractivity contribution in [1.29, 1.82) is 0 Å². The lowest BCUT2D eigenvalue weighted by molar-refractivity contribution is -0.144. The van der Waals surface area contributed by atoms with Crippen molar-refractivity contribution in [2.75, 3.05) is 44.0 Å². The minimum atomic E-state index is -1.12. The maximum absolute atomic E-state index is 14.2. The Balaban J connectivity index is 0.776. The summed E-state index contributed by atoms with van der Waals surface area (Å²) in [7, 11) is 3.32. The highest BCUT2D eigenvalue weighted by atomic mass is 32.1. The number of fused-ring (bicyclic) bond motifs is 2. The Morgan fingerprint density at radius 2 is 1.69 bits per heavy atom. The van der Waals surface area contributed by atoms with Crippen LogP contribution in [-0.2, 0) is 43.3 Å². The van der Waals surface area contributed by atoms with Crippen LogP contribution in [0.25, 0.3) is 20.7 Å². The number of unbranched alkanes of at least 4 members (excludes halogenated alkanes) is 1. The Labute approximate surface area is 466 Å². The molecule has 1 unspecified atom stereocenters. The van der Waals surface area contributed by atoms with E-state index in [1.807, 2.05) is 106 Å². The van der Waals surface area contributed by atoms with Crippen LogP contribution < -0.4 is 20.9 Å². The zero-order valence-electron chi connectivity index (χ0n) is 45.2. The number of nitrogens with one attached hydrogen (secondary N) is 3. The second kappa shape index (κ2) is 25.4. The largest absolute Gasteiger partial charge is 0.476 e. The maximum Gasteiger partial charge on any atom is 0.355 e. The summed E-state index contributed by atoms with van der Waals surface area (Å²) in [6.07, 6.45) is 2.12. The summed E-state index contributed by atoms with van der Waals surface area (Å²) in [6.45, 7) is 10.7. The molecule has 3 aromatic carbocycles. The molecule has 18 nitrogen and oxygen atoms in total. The van der Waals surface area contributed by atoms with Crippen LogP contribution in [0, 0.1) is 12.3 Å². The number of aliphatic hydroxyl groups is 1. The van der Waals surface area contributed by atoms with Gasteiger partial charge in [0.1, 0.15) is 12.1 Å². The Morgan fingerprint density at radius 1 is 0.936 bits per heavy atom. The minimum absolute atomic E-state index is 0.00860. The second-order valence-corrected chi connectivity index (χ2v) is 24.2. The molecule has 1 fully saturated rings. The van der Waals surface area contributed by atoms with Crippen LogP contribution in [0.3, 0.4) is 0 Å². The molecule has 6 aromatic rings. The molecule has 1 saturated heterocycles. The van der Waals surface area contributed by atoms with Gasteiger partial charge >= 0.3 is 5.97 Å². The summed E-state index contributed by atoms with van der Waals surface area (Å²) in [5, 5.41) is 30.9. The van der Waals surface area contributed by atoms with Crippen LogP contribution in [0.1, 0.15) is 127 Å². The Hall–Kier alpha value is -6.65. The number of hydrogen-bond donors (Lipinski definition) is 5. The lowest BCUT2D eigenvalue weighted by Gasteiger charge is -2.35. The first kappa shape index (κ1) is 57.5. The van der Waals surface area contributed by atoms with E-state index >= 15 is 0 Å². The van der Waals surface area contributed by atoms with Gasteiger partial charge in [-0.25, -0.2) is 19.7 Å². The van der Waals surface area contributed by atoms with E-state index in [-0.39, 0.29) is 67.3 Å². The average molecular weight is 1120 g/mol. The molecule has 5 atom stereocenters. The number of likely N-dealkylation sites (tertiary alicyclic amines) is 1. The van der Waals surface area contributed by atoms with Crippen LogP contribution in [-0.4, -0.2) is 129 Å². The number of aromatic nitrogens is 3. The SMILES string of the molecule is COC(CCc1sc(N2CCc3cccc(C(=O)Nc4nc5ccccc5s4)c3C2)nc1C(=O)O)CCN(C)C(=O)CCCCC(=O)N[C@H](C(=O)N1C[C@H](O)C[C@H]1C(=O)N[C@@H](C)c1ccc(-c2scnc2C)cc1)C(C)(C)C. The van der Waals surface area contributed by atoms with Crippen molar-refractivity contribution in [3.05, 3.63) is 111 Å². The number of amides is 5. The highest BCUT2D eigenvalue weighted by molar-refractivity contribution is 7.22. The lowest BCUT2D eigenvalue weighted by atomic mass is 9.85. The van der Waals surface area contributed by atoms with Crippen LogP contribution >= 0.6 is 34.0 Å². The number of carboxylic acids is 1. The molecule has 0 aliphatic carbocycles. The van der Waals surface area contributed by atoms with E-state index in [2.05, 4.69) is 30.9 Å². The molecule has 21 heteroatoms. The van der Waals surface area contributed by atoms with Gasteiger partial charge in [-0.3, -0.25) is 29.3 Å². The Kier molecular flexibility index (Phi) is 18.8. The fraction of sp³-hybridized carbons (Fsp3) is 0.456. The number of nitrogens with zero attached hydrogens (tertiary/aromatic N) is 6. The van der Waals surface area contributed by atoms with Crippen molar-refractivity contribution in [2.45, 2.75) is 129 Å². The fourth-order valence-electron chi connectivity index (χ4n) is 9.99. The molecular weight excluding hydrogens is 1050 g/mol. The summed E-state index contributed by atoms with van der Waals surface area (Å²) in [5.74, 6) is -2.66. The molecule has 2 aliphatic rings. The van der Waals surface area contributed by atoms with Gasteiger partial charge in [-0.2, -0.15) is 0 Å². The number of ether oxygens (including phenoxy) is 1. The summed E-state index contributed by atoms with van der Waals surface area (Å²) in [6, 6.07) is 19.0. The Bertz CT molecular complexity index is 3100. The topological polar surface area (TPSA) is 237 Å². The number of anilines is 2. The zero-order chi connectivity index (χ0) is 55.8. The first-order valence-electron chi connectivity index (χ1n) is 26.4. The number of aryl methyl sites for hydroxylation is 2. The van der Waals surface area contributed by atoms with Gasteiger partial charge in [-0.1, -0.05) is 80.6 Å². The minimum Gasteiger partial charge on any atom is -0.476 e. The smallest absolute Gasteiger partial charge is 0.355 e. The van der Waals surface area contributed by atoms with E-state index in [1.54, 1.807) is 36.5 Å². The Morgan fingerprint density at radius 3 is 2.40 bits per heavy atom. The number of carbonyl (C=O) groups excluding carboxylic acids is 5. The van der Waals surface area contributed by atoms with Crippen molar-refractivity contribution in [1.82, 2.24) is 35.4 Å². The third-order valence-corrected chi connectivity index (χ3v) is 17.6. The van der Waals surface area contributed by atoms with Crippen LogP contribution in [0.15, 0.2) is 72.2 Å². The van der Waals surface area contributed by atoms with Gasteiger partial charge in [-0.05, 0) is 98.2 Å². The number of β-amino-alcohol motifs (C(OH)–C–C–N with tert-alkyl or cyclic N) is 1. The van der Waals surface area contributed by atoms with Gasteiger partial charge in [-0.15, -0.1) is 22.7 Å². The maximum atomic E-state index is 14.2. The summed E-state index contributed by atoms with van der Waals surface area (Å²) in [5.41, 5.74) is 7.22. The van der Waals surface area contributed by atoms with Crippen molar-refractivity contribution in [3.8, 4) is 10.4 Å². The number of methoxy groups -OCH3 is 1. The molecule has 78 heavy (non-hydrogen) atoms. The number of aromatic carboxylic acids is 1. The second-order valence-electron chi connectivity index (χ2n) is 21.2. The molecule has 8 rings (SSSR count). The van der Waals surface area contributed by atoms with Crippen molar-refractivity contribution >= 4 is 90.0 Å². The molecule has 5 amide bonds. The molecule has 0 spiro atoms. The van der Waals surface area contributed by atoms with Crippen LogP contribution in [0.5, 0.6) is 0 Å². The van der Waals surface area contributed by atoms with Crippen molar-refractivity contribution in [3.63, 3.8) is 0 Å². The van der Waals surface area contributed by atoms with Crippen molar-refractivity contribution < 1.29 is 43.7 Å². The predicted octanol–water partition coefficient (Wildman–Crippen LogP) is 8.42. The summed E-state index contributed by atoms with van der Waals surface area (Å²) < 4.78 is 6.78. The van der Waals surface area contributed by atoms with Crippen LogP contribution in [0.4, 0.5) is 10.3 Å². The van der Waals surface area contributed by atoms with E-state index in [9.17, 15) is 39.0 Å². The van der Waals surface area contributed by atoms with E-state index < -0.39 is 35.5 Å². The number of thiazole rings is 3. The summed E-state index contributed by atoms with van der Waals surface area (Å²) in [4.78, 5) is 101. The molecule has 0 saturated carbocycles.